The molecule has 0 unspecified atom stereocenters. The Morgan fingerprint density at radius 2 is 1.70 bits per heavy atom. The zero-order valence-corrected chi connectivity index (χ0v) is 17.5. The average molecular weight is 429 g/mol. The summed E-state index contributed by atoms with van der Waals surface area (Å²) in [5.41, 5.74) is 5.60. The number of methoxy groups -OCH3 is 1. The molecule has 0 atom stereocenters. The molecule has 158 valence electrons. The van der Waals surface area contributed by atoms with Crippen LogP contribution in [0.4, 0.5) is 0 Å². The minimum atomic E-state index is -0.484. The molecule has 0 aliphatic heterocycles. The molecule has 0 saturated heterocycles. The number of hydrogen-bond donors (Lipinski definition) is 3. The molecule has 0 aliphatic rings. The van der Waals surface area contributed by atoms with E-state index in [0.29, 0.717) is 18.1 Å². The lowest BCUT2D eigenvalue weighted by molar-refractivity contribution is -0.123. The maximum absolute atomic E-state index is 11.9. The normalized spacial score (nSPS) is 10.2. The smallest absolute Gasteiger partial charge is 0.276 e. The van der Waals surface area contributed by atoms with Crippen molar-refractivity contribution in [2.75, 3.05) is 20.3 Å². The summed E-state index contributed by atoms with van der Waals surface area (Å²) in [4.78, 5) is 23.8. The van der Waals surface area contributed by atoms with Crippen LogP contribution in [0.1, 0.15) is 12.5 Å². The van der Waals surface area contributed by atoms with Crippen molar-refractivity contribution in [1.82, 2.24) is 16.2 Å². The number of benzene rings is 2. The van der Waals surface area contributed by atoms with E-state index in [-0.39, 0.29) is 11.7 Å². The average Bonchev–Trinajstić information content (AvgIpc) is 2.76. The number of carbonyl (C=O) groups is 2. The summed E-state index contributed by atoms with van der Waals surface area (Å²) in [6, 6.07) is 14.2. The van der Waals surface area contributed by atoms with E-state index >= 15 is 0 Å². The van der Waals surface area contributed by atoms with Crippen LogP contribution in [0, 0.1) is 0 Å². The third kappa shape index (κ3) is 7.80. The lowest BCUT2D eigenvalue weighted by atomic mass is 10.2. The van der Waals surface area contributed by atoms with Gasteiger partial charge in [0, 0.05) is 6.08 Å². The number of hydrazine groups is 1. The number of amides is 2. The molecule has 0 radical (unpaired) electrons. The monoisotopic (exact) mass is 429 g/mol. The number of hydrogen-bond acceptors (Lipinski definition) is 6. The van der Waals surface area contributed by atoms with Gasteiger partial charge < -0.3 is 14.2 Å². The number of nitrogens with one attached hydrogen (secondary N) is 3. The third-order valence-electron chi connectivity index (χ3n) is 3.60. The van der Waals surface area contributed by atoms with Crippen molar-refractivity contribution in [3.05, 3.63) is 60.2 Å². The molecule has 0 fully saturated rings. The molecule has 0 spiro atoms. The number of ether oxygens (including phenoxy) is 3. The van der Waals surface area contributed by atoms with E-state index in [0.717, 1.165) is 11.3 Å². The first kappa shape index (κ1) is 22.7. The lowest BCUT2D eigenvalue weighted by Crippen LogP contribution is -2.49. The van der Waals surface area contributed by atoms with Crippen molar-refractivity contribution >= 4 is 35.2 Å². The fourth-order valence-corrected chi connectivity index (χ4v) is 2.39. The van der Waals surface area contributed by atoms with Crippen LogP contribution in [0.3, 0.4) is 0 Å². The van der Waals surface area contributed by atoms with Gasteiger partial charge in [-0.25, -0.2) is 0 Å². The summed E-state index contributed by atoms with van der Waals surface area (Å²) in [7, 11) is 1.51. The van der Waals surface area contributed by atoms with Crippen molar-refractivity contribution in [3.63, 3.8) is 0 Å². The second kappa shape index (κ2) is 12.1. The molecule has 0 bridgehead atoms. The molecule has 2 aromatic carbocycles. The van der Waals surface area contributed by atoms with E-state index in [9.17, 15) is 9.59 Å². The fraction of sp³-hybridized carbons (Fsp3) is 0.190. The highest BCUT2D eigenvalue weighted by atomic mass is 32.1. The Balaban J connectivity index is 1.71. The van der Waals surface area contributed by atoms with Gasteiger partial charge in [0.2, 0.25) is 5.91 Å². The highest BCUT2D eigenvalue weighted by Crippen LogP contribution is 2.25. The number of carbonyl (C=O) groups excluding carboxylic acids is 2. The zero-order chi connectivity index (χ0) is 21.8. The van der Waals surface area contributed by atoms with Crippen LogP contribution in [0.15, 0.2) is 54.6 Å². The Bertz CT molecular complexity index is 900. The molecule has 0 saturated carbocycles. The minimum absolute atomic E-state index is 0.0537. The van der Waals surface area contributed by atoms with Gasteiger partial charge in [-0.1, -0.05) is 24.3 Å². The van der Waals surface area contributed by atoms with Crippen molar-refractivity contribution in [2.24, 2.45) is 0 Å². The van der Waals surface area contributed by atoms with Crippen LogP contribution in [-0.2, 0) is 9.59 Å². The molecule has 30 heavy (non-hydrogen) atoms. The summed E-state index contributed by atoms with van der Waals surface area (Å²) in [6.07, 6.45) is 2.96. The molecule has 2 rings (SSSR count). The second-order valence-electron chi connectivity index (χ2n) is 5.77. The van der Waals surface area contributed by atoms with Gasteiger partial charge in [0.1, 0.15) is 5.75 Å². The van der Waals surface area contributed by atoms with E-state index in [2.05, 4.69) is 16.2 Å². The Morgan fingerprint density at radius 3 is 2.37 bits per heavy atom. The molecular formula is C21H23N3O5S. The van der Waals surface area contributed by atoms with Crippen LogP contribution in [0.5, 0.6) is 17.2 Å². The molecule has 2 amide bonds. The quantitative estimate of drug-likeness (QED) is 0.336. The Morgan fingerprint density at radius 1 is 1.00 bits per heavy atom. The van der Waals surface area contributed by atoms with Gasteiger partial charge in [0.05, 0.1) is 13.7 Å². The summed E-state index contributed by atoms with van der Waals surface area (Å²) in [5, 5.41) is 2.37. The molecule has 0 heterocycles. The number of rotatable bonds is 8. The second-order valence-corrected chi connectivity index (χ2v) is 6.17. The predicted molar refractivity (Wildman–Crippen MR) is 117 cm³/mol. The first-order valence-electron chi connectivity index (χ1n) is 9.08. The van der Waals surface area contributed by atoms with Gasteiger partial charge in [-0.2, -0.15) is 0 Å². The summed E-state index contributed by atoms with van der Waals surface area (Å²) >= 11 is 4.97. The Kier molecular flexibility index (Phi) is 9.14. The molecular weight excluding hydrogens is 406 g/mol. The lowest BCUT2D eigenvalue weighted by Gasteiger charge is -2.12. The van der Waals surface area contributed by atoms with Crippen LogP contribution in [0.2, 0.25) is 0 Å². The molecule has 0 aliphatic carbocycles. The summed E-state index contributed by atoms with van der Waals surface area (Å²) in [5.74, 6) is 0.782. The Hall–Kier alpha value is -3.59. The van der Waals surface area contributed by atoms with Gasteiger partial charge in [0.25, 0.3) is 5.91 Å². The van der Waals surface area contributed by atoms with Crippen LogP contribution in [0.25, 0.3) is 6.08 Å². The first-order valence-corrected chi connectivity index (χ1v) is 9.49. The third-order valence-corrected chi connectivity index (χ3v) is 3.80. The first-order chi connectivity index (χ1) is 14.5. The van der Waals surface area contributed by atoms with Crippen LogP contribution < -0.4 is 30.4 Å². The van der Waals surface area contributed by atoms with Crippen LogP contribution in [-0.4, -0.2) is 37.3 Å². The van der Waals surface area contributed by atoms with Gasteiger partial charge >= 0.3 is 0 Å². The maximum atomic E-state index is 11.9. The molecule has 8 nitrogen and oxygen atoms in total. The highest BCUT2D eigenvalue weighted by Gasteiger charge is 2.07. The van der Waals surface area contributed by atoms with Crippen molar-refractivity contribution in [3.8, 4) is 17.2 Å². The Labute approximate surface area is 180 Å². The van der Waals surface area contributed by atoms with Gasteiger partial charge in [-0.15, -0.1) is 0 Å². The van der Waals surface area contributed by atoms with Crippen molar-refractivity contribution < 1.29 is 23.8 Å². The standard InChI is InChI=1S/C21H23N3O5S/c1-3-28-16-11-8-15(9-12-16)10-13-19(25)22-21(30)24-23-20(26)14-29-18-7-5-4-6-17(18)27-2/h4-13H,3,14H2,1-2H3,(H,23,26)(H2,22,24,25,30)/b13-10+. The van der Waals surface area contributed by atoms with E-state index in [1.54, 1.807) is 30.3 Å². The summed E-state index contributed by atoms with van der Waals surface area (Å²) in [6.45, 7) is 2.23. The number of para-hydroxylation sites is 2. The van der Waals surface area contributed by atoms with Crippen molar-refractivity contribution in [2.45, 2.75) is 6.92 Å². The van der Waals surface area contributed by atoms with E-state index < -0.39 is 11.8 Å². The topological polar surface area (TPSA) is 97.9 Å². The summed E-state index contributed by atoms with van der Waals surface area (Å²) < 4.78 is 15.9. The van der Waals surface area contributed by atoms with Crippen LogP contribution >= 0.6 is 12.2 Å². The van der Waals surface area contributed by atoms with Gasteiger partial charge in [-0.3, -0.25) is 25.8 Å². The highest BCUT2D eigenvalue weighted by molar-refractivity contribution is 7.80. The zero-order valence-electron chi connectivity index (χ0n) is 16.6. The molecule has 9 heteroatoms. The fourth-order valence-electron chi connectivity index (χ4n) is 2.24. The molecule has 2 aromatic rings. The maximum Gasteiger partial charge on any atom is 0.276 e. The van der Waals surface area contributed by atoms with Crippen molar-refractivity contribution in [1.29, 1.82) is 0 Å². The molecule has 3 N–H and O–H groups in total. The van der Waals surface area contributed by atoms with E-state index in [4.69, 9.17) is 26.4 Å². The SMILES string of the molecule is CCOc1ccc(/C=C/C(=O)NC(=S)NNC(=O)COc2ccccc2OC)cc1. The molecule has 0 aromatic heterocycles. The van der Waals surface area contributed by atoms with Gasteiger partial charge in [-0.05, 0) is 55.0 Å². The van der Waals surface area contributed by atoms with E-state index in [1.807, 2.05) is 31.2 Å². The predicted octanol–water partition coefficient (Wildman–Crippen LogP) is 2.21. The van der Waals surface area contributed by atoms with E-state index in [1.165, 1.54) is 13.2 Å². The number of thiocarbonyl (C=S) groups is 1. The largest absolute Gasteiger partial charge is 0.494 e. The van der Waals surface area contributed by atoms with Gasteiger partial charge in [0.15, 0.2) is 23.2 Å². The minimum Gasteiger partial charge on any atom is -0.494 e.